The molecule has 0 spiro atoms. The number of sulfonamides is 2. The number of rotatable bonds is 4. The average Bonchev–Trinajstić information content (AvgIpc) is 2.54. The summed E-state index contributed by atoms with van der Waals surface area (Å²) in [7, 11) is -7.80. The average molecular weight is 393 g/mol. The van der Waals surface area contributed by atoms with Crippen LogP contribution in [-0.2, 0) is 20.0 Å². The van der Waals surface area contributed by atoms with Crippen LogP contribution in [0.25, 0.3) is 0 Å². The first kappa shape index (κ1) is 18.6. The van der Waals surface area contributed by atoms with Crippen molar-refractivity contribution in [3.63, 3.8) is 0 Å². The molecular weight excluding hydrogens is 372 g/mol. The number of amidine groups is 1. The van der Waals surface area contributed by atoms with Crippen LogP contribution in [-0.4, -0.2) is 33.0 Å². The van der Waals surface area contributed by atoms with E-state index in [2.05, 4.69) is 4.40 Å². The van der Waals surface area contributed by atoms with Crippen LogP contribution in [0.2, 0.25) is 0 Å². The van der Waals surface area contributed by atoms with E-state index in [1.807, 2.05) is 13.8 Å². The van der Waals surface area contributed by atoms with Gasteiger partial charge in [0.05, 0.1) is 15.8 Å². The third-order valence-corrected chi connectivity index (χ3v) is 7.53. The van der Waals surface area contributed by atoms with Gasteiger partial charge < -0.3 is 0 Å². The van der Waals surface area contributed by atoms with Gasteiger partial charge in [-0.1, -0.05) is 35.4 Å². The minimum absolute atomic E-state index is 0.0404. The van der Waals surface area contributed by atoms with Crippen LogP contribution >= 0.6 is 0 Å². The molecule has 3 rings (SSSR count). The standard InChI is InChI=1S/C18H20N2O4S2/c1-13-4-8-16(9-5-13)25(21,22)19-18-12-15(3)20(18)26(23,24)17-10-6-14(2)7-11-17/h4-11,15H,12H2,1-3H3/b19-18-. The second-order valence-corrected chi connectivity index (χ2v) is 9.88. The summed E-state index contributed by atoms with van der Waals surface area (Å²) < 4.78 is 55.6. The summed E-state index contributed by atoms with van der Waals surface area (Å²) in [6.45, 7) is 5.44. The molecule has 26 heavy (non-hydrogen) atoms. The molecule has 0 aliphatic carbocycles. The van der Waals surface area contributed by atoms with Crippen molar-refractivity contribution in [3.8, 4) is 0 Å². The zero-order valence-electron chi connectivity index (χ0n) is 14.7. The Bertz CT molecular complexity index is 1060. The van der Waals surface area contributed by atoms with E-state index in [0.29, 0.717) is 0 Å². The first-order valence-corrected chi connectivity index (χ1v) is 11.0. The van der Waals surface area contributed by atoms with Crippen molar-refractivity contribution in [3.05, 3.63) is 59.7 Å². The number of nitrogens with zero attached hydrogens (tertiary/aromatic N) is 2. The van der Waals surface area contributed by atoms with Crippen molar-refractivity contribution >= 4 is 25.9 Å². The fraction of sp³-hybridized carbons (Fsp3) is 0.278. The molecule has 1 saturated heterocycles. The van der Waals surface area contributed by atoms with E-state index in [9.17, 15) is 16.8 Å². The summed E-state index contributed by atoms with van der Waals surface area (Å²) in [5.74, 6) is 0.0404. The molecule has 0 N–H and O–H groups in total. The van der Waals surface area contributed by atoms with Gasteiger partial charge in [0, 0.05) is 6.42 Å². The lowest BCUT2D eigenvalue weighted by atomic mass is 10.1. The van der Waals surface area contributed by atoms with Gasteiger partial charge in [-0.05, 0) is 45.0 Å². The minimum atomic E-state index is -3.96. The molecule has 0 amide bonds. The topological polar surface area (TPSA) is 83.9 Å². The molecule has 1 aliphatic heterocycles. The van der Waals surface area contributed by atoms with Gasteiger partial charge in [-0.25, -0.2) is 12.7 Å². The van der Waals surface area contributed by atoms with Gasteiger partial charge in [-0.2, -0.15) is 8.42 Å². The van der Waals surface area contributed by atoms with Crippen LogP contribution in [0.3, 0.4) is 0 Å². The molecule has 0 radical (unpaired) electrons. The van der Waals surface area contributed by atoms with Crippen LogP contribution in [0.15, 0.2) is 62.7 Å². The highest BCUT2D eigenvalue weighted by Gasteiger charge is 2.41. The van der Waals surface area contributed by atoms with Crippen molar-refractivity contribution < 1.29 is 16.8 Å². The smallest absolute Gasteiger partial charge is 0.249 e. The Labute approximate surface area is 154 Å². The molecule has 1 heterocycles. The normalized spacial score (nSPS) is 19.4. The quantitative estimate of drug-likeness (QED) is 0.801. The van der Waals surface area contributed by atoms with Gasteiger partial charge in [0.1, 0.15) is 5.84 Å². The van der Waals surface area contributed by atoms with Crippen molar-refractivity contribution in [1.29, 1.82) is 0 Å². The second kappa shape index (κ2) is 6.51. The third kappa shape index (κ3) is 3.39. The van der Waals surface area contributed by atoms with E-state index in [4.69, 9.17) is 0 Å². The van der Waals surface area contributed by atoms with E-state index in [1.165, 1.54) is 24.3 Å². The van der Waals surface area contributed by atoms with Crippen LogP contribution in [0.4, 0.5) is 0 Å². The molecule has 2 aromatic rings. The molecule has 1 aliphatic rings. The van der Waals surface area contributed by atoms with Gasteiger partial charge in [0.15, 0.2) is 0 Å². The third-order valence-electron chi connectivity index (χ3n) is 4.25. The lowest BCUT2D eigenvalue weighted by Gasteiger charge is -2.40. The van der Waals surface area contributed by atoms with Gasteiger partial charge in [0.25, 0.3) is 20.0 Å². The molecule has 1 atom stereocenters. The minimum Gasteiger partial charge on any atom is -0.249 e. The molecule has 1 fully saturated rings. The van der Waals surface area contributed by atoms with Crippen molar-refractivity contribution in [1.82, 2.24) is 4.31 Å². The molecule has 2 aromatic carbocycles. The lowest BCUT2D eigenvalue weighted by molar-refractivity contribution is 0.387. The Morgan fingerprint density at radius 1 is 0.846 bits per heavy atom. The molecule has 6 nitrogen and oxygen atoms in total. The van der Waals surface area contributed by atoms with E-state index in [-0.39, 0.29) is 28.1 Å². The van der Waals surface area contributed by atoms with Gasteiger partial charge in [-0.3, -0.25) is 0 Å². The molecule has 0 aromatic heterocycles. The fourth-order valence-corrected chi connectivity index (χ4v) is 5.48. The first-order chi connectivity index (χ1) is 12.1. The van der Waals surface area contributed by atoms with E-state index in [0.717, 1.165) is 15.4 Å². The summed E-state index contributed by atoms with van der Waals surface area (Å²) >= 11 is 0. The maximum absolute atomic E-state index is 12.9. The fourth-order valence-electron chi connectivity index (χ4n) is 2.76. The predicted octanol–water partition coefficient (Wildman–Crippen LogP) is 2.87. The molecule has 8 heteroatoms. The summed E-state index contributed by atoms with van der Waals surface area (Å²) in [5.41, 5.74) is 1.87. The van der Waals surface area contributed by atoms with Crippen molar-refractivity contribution in [2.45, 2.75) is 43.0 Å². The highest BCUT2D eigenvalue weighted by atomic mass is 32.2. The van der Waals surface area contributed by atoms with Crippen LogP contribution < -0.4 is 0 Å². The molecule has 138 valence electrons. The monoisotopic (exact) mass is 392 g/mol. The largest absolute Gasteiger partial charge is 0.283 e. The number of hydrogen-bond acceptors (Lipinski definition) is 4. The summed E-state index contributed by atoms with van der Waals surface area (Å²) in [4.78, 5) is 0.165. The predicted molar refractivity (Wildman–Crippen MR) is 100 cm³/mol. The molecule has 0 bridgehead atoms. The Morgan fingerprint density at radius 2 is 1.31 bits per heavy atom. The SMILES string of the molecule is Cc1ccc(S(=O)(=O)/N=C2/CC(C)N2S(=O)(=O)c2ccc(C)cc2)cc1. The Kier molecular flexibility index (Phi) is 4.66. The lowest BCUT2D eigenvalue weighted by Crippen LogP contribution is -2.54. The second-order valence-electron chi connectivity index (χ2n) is 6.46. The summed E-state index contributed by atoms with van der Waals surface area (Å²) in [6, 6.07) is 12.4. The Hall–Kier alpha value is -2.19. The van der Waals surface area contributed by atoms with Crippen LogP contribution in [0.5, 0.6) is 0 Å². The first-order valence-electron chi connectivity index (χ1n) is 8.13. The van der Waals surface area contributed by atoms with E-state index < -0.39 is 20.0 Å². The van der Waals surface area contributed by atoms with Crippen LogP contribution in [0.1, 0.15) is 24.5 Å². The maximum atomic E-state index is 12.9. The van der Waals surface area contributed by atoms with Crippen molar-refractivity contribution in [2.24, 2.45) is 4.40 Å². The van der Waals surface area contributed by atoms with Gasteiger partial charge in [0.2, 0.25) is 0 Å². The van der Waals surface area contributed by atoms with Crippen molar-refractivity contribution in [2.75, 3.05) is 0 Å². The Morgan fingerprint density at radius 3 is 1.77 bits per heavy atom. The molecule has 1 unspecified atom stereocenters. The number of hydrogen-bond donors (Lipinski definition) is 0. The molecule has 0 saturated carbocycles. The summed E-state index contributed by atoms with van der Waals surface area (Å²) in [5, 5.41) is 0. The zero-order valence-corrected chi connectivity index (χ0v) is 16.4. The van der Waals surface area contributed by atoms with E-state index >= 15 is 0 Å². The van der Waals surface area contributed by atoms with Gasteiger partial charge >= 0.3 is 0 Å². The van der Waals surface area contributed by atoms with E-state index in [1.54, 1.807) is 31.2 Å². The highest BCUT2D eigenvalue weighted by molar-refractivity contribution is 7.91. The zero-order chi connectivity index (χ0) is 19.1. The van der Waals surface area contributed by atoms with Crippen LogP contribution in [0, 0.1) is 13.8 Å². The molecular formula is C18H20N2O4S2. The summed E-state index contributed by atoms with van der Waals surface area (Å²) in [6.07, 6.45) is 0.288. The maximum Gasteiger partial charge on any atom is 0.283 e. The highest BCUT2D eigenvalue weighted by Crippen LogP contribution is 2.30. The number of aryl methyl sites for hydroxylation is 2. The van der Waals surface area contributed by atoms with Gasteiger partial charge in [-0.15, -0.1) is 4.40 Å². The number of benzene rings is 2. The Balaban J connectivity index is 1.97.